The molecule has 0 heterocycles. The van der Waals surface area contributed by atoms with Crippen molar-refractivity contribution in [3.05, 3.63) is 29.8 Å². The van der Waals surface area contributed by atoms with Crippen molar-refractivity contribution in [3.8, 4) is 5.75 Å². The van der Waals surface area contributed by atoms with Crippen LogP contribution in [0.5, 0.6) is 5.75 Å². The van der Waals surface area contributed by atoms with Crippen LogP contribution in [0.15, 0.2) is 24.3 Å². The highest BCUT2D eigenvalue weighted by atomic mass is 16.5. The molecule has 0 amide bonds. The lowest BCUT2D eigenvalue weighted by Crippen LogP contribution is -2.11. The molecule has 1 aromatic carbocycles. The van der Waals surface area contributed by atoms with Gasteiger partial charge in [-0.1, -0.05) is 32.9 Å². The lowest BCUT2D eigenvalue weighted by molar-refractivity contribution is 0.0738. The van der Waals surface area contributed by atoms with Gasteiger partial charge >= 0.3 is 0 Å². The van der Waals surface area contributed by atoms with Gasteiger partial charge in [0.05, 0.1) is 12.7 Å². The SMILES string of the molecule is CC(C)OCCCCOc1cccc(C(C)(C)C)c1. The van der Waals surface area contributed by atoms with E-state index in [1.807, 2.05) is 6.07 Å². The topological polar surface area (TPSA) is 18.5 Å². The first kappa shape index (κ1) is 16.0. The van der Waals surface area contributed by atoms with Crippen LogP contribution in [0.1, 0.15) is 53.0 Å². The van der Waals surface area contributed by atoms with E-state index in [1.165, 1.54) is 5.56 Å². The summed E-state index contributed by atoms with van der Waals surface area (Å²) in [5.74, 6) is 0.970. The molecule has 0 N–H and O–H groups in total. The molecule has 2 nitrogen and oxygen atoms in total. The lowest BCUT2D eigenvalue weighted by atomic mass is 9.87. The van der Waals surface area contributed by atoms with Crippen LogP contribution in [0, 0.1) is 0 Å². The minimum Gasteiger partial charge on any atom is -0.494 e. The fraction of sp³-hybridized carbons (Fsp3) is 0.647. The zero-order valence-electron chi connectivity index (χ0n) is 13.0. The first-order chi connectivity index (χ1) is 8.89. The predicted molar refractivity (Wildman–Crippen MR) is 81.0 cm³/mol. The van der Waals surface area contributed by atoms with Gasteiger partial charge in [-0.3, -0.25) is 0 Å². The van der Waals surface area contributed by atoms with Crippen LogP contribution in [0.2, 0.25) is 0 Å². The smallest absolute Gasteiger partial charge is 0.119 e. The van der Waals surface area contributed by atoms with Crippen molar-refractivity contribution in [2.45, 2.75) is 59.0 Å². The van der Waals surface area contributed by atoms with E-state index in [2.05, 4.69) is 52.8 Å². The van der Waals surface area contributed by atoms with Crippen LogP contribution >= 0.6 is 0 Å². The summed E-state index contributed by atoms with van der Waals surface area (Å²) in [6.07, 6.45) is 2.41. The van der Waals surface area contributed by atoms with Gasteiger partial charge in [0.25, 0.3) is 0 Å². The van der Waals surface area contributed by atoms with Crippen LogP contribution in [0.3, 0.4) is 0 Å². The summed E-state index contributed by atoms with van der Waals surface area (Å²) < 4.78 is 11.3. The standard InChI is InChI=1S/C17H28O2/c1-14(2)18-11-6-7-12-19-16-10-8-9-15(13-16)17(3,4)5/h8-10,13-14H,6-7,11-12H2,1-5H3. The summed E-state index contributed by atoms with van der Waals surface area (Å²) in [6.45, 7) is 12.4. The van der Waals surface area contributed by atoms with Crippen molar-refractivity contribution in [2.24, 2.45) is 0 Å². The molecule has 0 aromatic heterocycles. The van der Waals surface area contributed by atoms with E-state index in [0.717, 1.165) is 31.8 Å². The zero-order valence-corrected chi connectivity index (χ0v) is 13.0. The van der Waals surface area contributed by atoms with Gasteiger partial charge in [-0.25, -0.2) is 0 Å². The number of benzene rings is 1. The average molecular weight is 264 g/mol. The van der Waals surface area contributed by atoms with Gasteiger partial charge in [-0.2, -0.15) is 0 Å². The molecule has 1 aromatic rings. The molecule has 0 unspecified atom stereocenters. The quantitative estimate of drug-likeness (QED) is 0.672. The average Bonchev–Trinajstić information content (AvgIpc) is 2.32. The molecule has 0 aliphatic rings. The molecular formula is C17H28O2. The van der Waals surface area contributed by atoms with Crippen molar-refractivity contribution < 1.29 is 9.47 Å². The van der Waals surface area contributed by atoms with E-state index in [9.17, 15) is 0 Å². The van der Waals surface area contributed by atoms with Gasteiger partial charge in [-0.05, 0) is 49.8 Å². The molecule has 0 bridgehead atoms. The molecule has 108 valence electrons. The van der Waals surface area contributed by atoms with Gasteiger partial charge in [0, 0.05) is 6.61 Å². The molecule has 0 aliphatic carbocycles. The Morgan fingerprint density at radius 2 is 1.74 bits per heavy atom. The minimum atomic E-state index is 0.171. The molecule has 0 fully saturated rings. The monoisotopic (exact) mass is 264 g/mol. The Hall–Kier alpha value is -1.02. The molecule has 0 spiro atoms. The largest absolute Gasteiger partial charge is 0.494 e. The lowest BCUT2D eigenvalue weighted by Gasteiger charge is -2.19. The molecule has 0 radical (unpaired) electrons. The molecule has 2 heteroatoms. The molecule has 0 saturated carbocycles. The van der Waals surface area contributed by atoms with E-state index in [1.54, 1.807) is 0 Å². The van der Waals surface area contributed by atoms with Crippen LogP contribution in [-0.4, -0.2) is 19.3 Å². The number of ether oxygens (including phenoxy) is 2. The van der Waals surface area contributed by atoms with Gasteiger partial charge in [0.15, 0.2) is 0 Å². The van der Waals surface area contributed by atoms with E-state index in [4.69, 9.17) is 9.47 Å². The maximum Gasteiger partial charge on any atom is 0.119 e. The summed E-state index contributed by atoms with van der Waals surface area (Å²) in [7, 11) is 0. The van der Waals surface area contributed by atoms with E-state index in [0.29, 0.717) is 6.10 Å². The Kier molecular flexibility index (Phi) is 6.36. The van der Waals surface area contributed by atoms with Crippen LogP contribution < -0.4 is 4.74 Å². The molecule has 0 saturated heterocycles. The second-order valence-electron chi connectivity index (χ2n) is 6.25. The highest BCUT2D eigenvalue weighted by Crippen LogP contribution is 2.25. The predicted octanol–water partition coefficient (Wildman–Crippen LogP) is 4.57. The summed E-state index contributed by atoms with van der Waals surface area (Å²) in [6, 6.07) is 8.39. The first-order valence-electron chi connectivity index (χ1n) is 7.24. The number of unbranched alkanes of at least 4 members (excludes halogenated alkanes) is 1. The number of hydrogen-bond donors (Lipinski definition) is 0. The molecule has 1 rings (SSSR count). The summed E-state index contributed by atoms with van der Waals surface area (Å²) >= 11 is 0. The van der Waals surface area contributed by atoms with Crippen LogP contribution in [-0.2, 0) is 10.2 Å². The third-order valence-electron chi connectivity index (χ3n) is 2.96. The Bertz CT molecular complexity index is 364. The normalized spacial score (nSPS) is 11.9. The van der Waals surface area contributed by atoms with Crippen molar-refractivity contribution in [1.29, 1.82) is 0 Å². The third-order valence-corrected chi connectivity index (χ3v) is 2.96. The third kappa shape index (κ3) is 6.63. The van der Waals surface area contributed by atoms with Gasteiger partial charge in [0.1, 0.15) is 5.75 Å². The number of rotatable bonds is 7. The Morgan fingerprint density at radius 3 is 2.37 bits per heavy atom. The van der Waals surface area contributed by atoms with Crippen LogP contribution in [0.25, 0.3) is 0 Å². The fourth-order valence-corrected chi connectivity index (χ4v) is 1.77. The summed E-state index contributed by atoms with van der Waals surface area (Å²) in [5.41, 5.74) is 1.48. The highest BCUT2D eigenvalue weighted by molar-refractivity contribution is 5.32. The van der Waals surface area contributed by atoms with E-state index >= 15 is 0 Å². The highest BCUT2D eigenvalue weighted by Gasteiger charge is 2.13. The van der Waals surface area contributed by atoms with Gasteiger partial charge in [-0.15, -0.1) is 0 Å². The summed E-state index contributed by atoms with van der Waals surface area (Å²) in [4.78, 5) is 0. The second-order valence-corrected chi connectivity index (χ2v) is 6.25. The Morgan fingerprint density at radius 1 is 1.05 bits per heavy atom. The van der Waals surface area contributed by atoms with Crippen molar-refractivity contribution >= 4 is 0 Å². The zero-order chi connectivity index (χ0) is 14.3. The van der Waals surface area contributed by atoms with Gasteiger partial charge < -0.3 is 9.47 Å². The Balaban J connectivity index is 2.30. The first-order valence-corrected chi connectivity index (χ1v) is 7.24. The molecule has 0 atom stereocenters. The maximum absolute atomic E-state index is 5.79. The number of hydrogen-bond acceptors (Lipinski definition) is 2. The molecule has 0 aliphatic heterocycles. The maximum atomic E-state index is 5.79. The molecular weight excluding hydrogens is 236 g/mol. The fourth-order valence-electron chi connectivity index (χ4n) is 1.77. The minimum absolute atomic E-state index is 0.171. The van der Waals surface area contributed by atoms with Crippen molar-refractivity contribution in [2.75, 3.05) is 13.2 Å². The van der Waals surface area contributed by atoms with Crippen LogP contribution in [0.4, 0.5) is 0 Å². The van der Waals surface area contributed by atoms with Crippen molar-refractivity contribution in [3.63, 3.8) is 0 Å². The summed E-state index contributed by atoms with van der Waals surface area (Å²) in [5, 5.41) is 0. The Labute approximate surface area is 118 Å². The molecule has 19 heavy (non-hydrogen) atoms. The van der Waals surface area contributed by atoms with Crippen molar-refractivity contribution in [1.82, 2.24) is 0 Å². The van der Waals surface area contributed by atoms with E-state index in [-0.39, 0.29) is 5.41 Å². The van der Waals surface area contributed by atoms with E-state index < -0.39 is 0 Å². The van der Waals surface area contributed by atoms with Gasteiger partial charge in [0.2, 0.25) is 0 Å². The second kappa shape index (κ2) is 7.54.